The molecule has 1 aliphatic rings. The average molecular weight is 457 g/mol. The number of hydrogen-bond acceptors (Lipinski definition) is 7. The predicted molar refractivity (Wildman–Crippen MR) is 118 cm³/mol. The van der Waals surface area contributed by atoms with E-state index in [0.29, 0.717) is 51.6 Å². The van der Waals surface area contributed by atoms with Gasteiger partial charge in [0.2, 0.25) is 17.7 Å². The van der Waals surface area contributed by atoms with Crippen LogP contribution >= 0.6 is 0 Å². The van der Waals surface area contributed by atoms with Gasteiger partial charge in [0.05, 0.1) is 6.54 Å². The lowest BCUT2D eigenvalue weighted by Crippen LogP contribution is -2.55. The summed E-state index contributed by atoms with van der Waals surface area (Å²) >= 11 is 0. The van der Waals surface area contributed by atoms with E-state index < -0.39 is 35.9 Å². The first-order valence-corrected chi connectivity index (χ1v) is 10.8. The number of aliphatic imine (C=N–C) groups is 1. The maximum absolute atomic E-state index is 13.1. The van der Waals surface area contributed by atoms with Crippen molar-refractivity contribution < 1.29 is 24.3 Å². The molecule has 182 valence electrons. The molecular weight excluding hydrogens is 420 g/mol. The van der Waals surface area contributed by atoms with E-state index in [1.807, 2.05) is 0 Å². The number of nitrogens with zero attached hydrogens (tertiary/aromatic N) is 2. The summed E-state index contributed by atoms with van der Waals surface area (Å²) in [7, 11) is 0. The number of rotatable bonds is 14. The van der Waals surface area contributed by atoms with Crippen molar-refractivity contribution in [3.05, 3.63) is 0 Å². The summed E-state index contributed by atoms with van der Waals surface area (Å²) in [5.74, 6) is -2.68. The lowest BCUT2D eigenvalue weighted by molar-refractivity contribution is -0.145. The second kappa shape index (κ2) is 14.2. The minimum atomic E-state index is -1.19. The fourth-order valence-electron chi connectivity index (χ4n) is 3.54. The van der Waals surface area contributed by atoms with Gasteiger partial charge in [0.1, 0.15) is 18.1 Å². The first-order chi connectivity index (χ1) is 15.2. The average Bonchev–Trinajstić information content (AvgIpc) is 3.24. The molecule has 3 atom stereocenters. The standard InChI is InChI=1S/C19H36N8O5/c20-8-2-1-5-12(25-15(28)11-21)17(30)27-10-4-7-14(27)16(29)26-13(18(31)32)6-3-9-24-19(22)23/h12-14H,1-11,20-21H2,(H,25,28)(H,26,29)(H,31,32)(H4,22,23,24)/t12-,13-,14-/m0/s1. The third kappa shape index (κ3) is 9.06. The Morgan fingerprint density at radius 3 is 2.31 bits per heavy atom. The lowest BCUT2D eigenvalue weighted by Gasteiger charge is -2.29. The fourth-order valence-corrected chi connectivity index (χ4v) is 3.54. The number of nitrogens with two attached hydrogens (primary N) is 4. The van der Waals surface area contributed by atoms with Gasteiger partial charge in [0.15, 0.2) is 5.96 Å². The predicted octanol–water partition coefficient (Wildman–Crippen LogP) is -2.83. The van der Waals surface area contributed by atoms with Crippen LogP contribution < -0.4 is 33.6 Å². The highest BCUT2D eigenvalue weighted by Gasteiger charge is 2.38. The monoisotopic (exact) mass is 456 g/mol. The summed E-state index contributed by atoms with van der Waals surface area (Å²) in [5, 5.41) is 14.6. The highest BCUT2D eigenvalue weighted by Crippen LogP contribution is 2.20. The van der Waals surface area contributed by atoms with E-state index in [-0.39, 0.29) is 31.4 Å². The Morgan fingerprint density at radius 2 is 1.72 bits per heavy atom. The Kier molecular flexibility index (Phi) is 12.0. The molecule has 1 heterocycles. The molecule has 0 aromatic heterocycles. The van der Waals surface area contributed by atoms with Crippen LogP contribution in [0, 0.1) is 0 Å². The SMILES string of the molecule is NCCCC[C@H](NC(=O)CN)C(=O)N1CCC[C@H]1C(=O)N[C@@H](CCCN=C(N)N)C(=O)O. The van der Waals surface area contributed by atoms with Crippen LogP contribution in [-0.2, 0) is 19.2 Å². The number of carboxylic acids is 1. The third-order valence-corrected chi connectivity index (χ3v) is 5.16. The molecule has 0 aromatic carbocycles. The molecule has 11 N–H and O–H groups in total. The van der Waals surface area contributed by atoms with Gasteiger partial charge in [-0.2, -0.15) is 0 Å². The van der Waals surface area contributed by atoms with E-state index in [1.54, 1.807) is 0 Å². The Morgan fingerprint density at radius 1 is 1.03 bits per heavy atom. The highest BCUT2D eigenvalue weighted by atomic mass is 16.4. The van der Waals surface area contributed by atoms with E-state index in [1.165, 1.54) is 4.90 Å². The topological polar surface area (TPSA) is 232 Å². The van der Waals surface area contributed by atoms with Crippen molar-refractivity contribution in [2.24, 2.45) is 27.9 Å². The number of unbranched alkanes of at least 4 members (excludes halogenated alkanes) is 1. The summed E-state index contributed by atoms with van der Waals surface area (Å²) < 4.78 is 0. The fraction of sp³-hybridized carbons (Fsp3) is 0.737. The number of guanidine groups is 1. The van der Waals surface area contributed by atoms with Gasteiger partial charge in [-0.25, -0.2) is 4.79 Å². The highest BCUT2D eigenvalue weighted by molar-refractivity contribution is 5.94. The van der Waals surface area contributed by atoms with E-state index in [9.17, 15) is 24.3 Å². The van der Waals surface area contributed by atoms with Crippen molar-refractivity contribution in [1.82, 2.24) is 15.5 Å². The summed E-state index contributed by atoms with van der Waals surface area (Å²) in [6.07, 6.45) is 3.16. The van der Waals surface area contributed by atoms with E-state index in [4.69, 9.17) is 22.9 Å². The van der Waals surface area contributed by atoms with Crippen LogP contribution in [0.5, 0.6) is 0 Å². The molecule has 32 heavy (non-hydrogen) atoms. The Labute approximate surface area is 187 Å². The summed E-state index contributed by atoms with van der Waals surface area (Å²) in [6.45, 7) is 0.775. The summed E-state index contributed by atoms with van der Waals surface area (Å²) in [5.41, 5.74) is 21.3. The molecular formula is C19H36N8O5. The molecule has 0 radical (unpaired) electrons. The number of carbonyl (C=O) groups is 4. The van der Waals surface area contributed by atoms with Gasteiger partial charge in [-0.15, -0.1) is 0 Å². The number of hydrogen-bond donors (Lipinski definition) is 7. The second-order valence-corrected chi connectivity index (χ2v) is 7.65. The van der Waals surface area contributed by atoms with Crippen molar-refractivity contribution in [3.8, 4) is 0 Å². The smallest absolute Gasteiger partial charge is 0.326 e. The zero-order valence-corrected chi connectivity index (χ0v) is 18.3. The molecule has 0 saturated carbocycles. The van der Waals surface area contributed by atoms with Crippen molar-refractivity contribution in [2.75, 3.05) is 26.2 Å². The Bertz CT molecular complexity index is 683. The van der Waals surface area contributed by atoms with Crippen LogP contribution in [0.3, 0.4) is 0 Å². The number of amides is 3. The molecule has 13 heteroatoms. The molecule has 13 nitrogen and oxygen atoms in total. The van der Waals surface area contributed by atoms with Crippen LogP contribution in [0.4, 0.5) is 0 Å². The van der Waals surface area contributed by atoms with Crippen molar-refractivity contribution >= 4 is 29.7 Å². The van der Waals surface area contributed by atoms with Crippen molar-refractivity contribution in [2.45, 2.75) is 63.1 Å². The van der Waals surface area contributed by atoms with Crippen LogP contribution in [0.2, 0.25) is 0 Å². The Balaban J connectivity index is 2.81. The number of carbonyl (C=O) groups excluding carboxylic acids is 3. The maximum Gasteiger partial charge on any atom is 0.326 e. The van der Waals surface area contributed by atoms with E-state index in [2.05, 4.69) is 15.6 Å². The van der Waals surface area contributed by atoms with Gasteiger partial charge in [0, 0.05) is 13.1 Å². The van der Waals surface area contributed by atoms with Crippen molar-refractivity contribution in [1.29, 1.82) is 0 Å². The number of aliphatic carboxylic acids is 1. The molecule has 3 amide bonds. The number of nitrogens with one attached hydrogen (secondary N) is 2. The van der Waals surface area contributed by atoms with Crippen LogP contribution in [-0.4, -0.2) is 84.0 Å². The molecule has 1 saturated heterocycles. The maximum atomic E-state index is 13.1. The number of carboxylic acid groups (broad SMARTS) is 1. The zero-order chi connectivity index (χ0) is 24.1. The number of likely N-dealkylation sites (tertiary alicyclic amines) is 1. The summed E-state index contributed by atoms with van der Waals surface area (Å²) in [6, 6.07) is -2.76. The summed E-state index contributed by atoms with van der Waals surface area (Å²) in [4.78, 5) is 54.4. The van der Waals surface area contributed by atoms with Gasteiger partial charge in [-0.1, -0.05) is 0 Å². The largest absolute Gasteiger partial charge is 0.480 e. The van der Waals surface area contributed by atoms with Gasteiger partial charge in [-0.3, -0.25) is 19.4 Å². The zero-order valence-electron chi connectivity index (χ0n) is 18.3. The first-order valence-electron chi connectivity index (χ1n) is 10.8. The molecule has 0 aromatic rings. The second-order valence-electron chi connectivity index (χ2n) is 7.65. The minimum Gasteiger partial charge on any atom is -0.480 e. The van der Waals surface area contributed by atoms with Crippen LogP contribution in [0.15, 0.2) is 4.99 Å². The van der Waals surface area contributed by atoms with Crippen LogP contribution in [0.1, 0.15) is 44.9 Å². The Hall–Kier alpha value is -2.93. The minimum absolute atomic E-state index is 0.0937. The molecule has 0 spiro atoms. The first kappa shape index (κ1) is 27.1. The van der Waals surface area contributed by atoms with Gasteiger partial charge >= 0.3 is 5.97 Å². The molecule has 0 aliphatic carbocycles. The van der Waals surface area contributed by atoms with Gasteiger partial charge in [0.25, 0.3) is 0 Å². The van der Waals surface area contributed by atoms with E-state index in [0.717, 1.165) is 0 Å². The molecule has 0 bridgehead atoms. The lowest BCUT2D eigenvalue weighted by atomic mass is 10.1. The molecule has 1 rings (SSSR count). The molecule has 1 aliphatic heterocycles. The van der Waals surface area contributed by atoms with Gasteiger partial charge < -0.3 is 43.6 Å². The quantitative estimate of drug-likeness (QED) is 0.0809. The van der Waals surface area contributed by atoms with Crippen LogP contribution in [0.25, 0.3) is 0 Å². The van der Waals surface area contributed by atoms with E-state index >= 15 is 0 Å². The molecule has 1 fully saturated rings. The third-order valence-electron chi connectivity index (χ3n) is 5.16. The molecule has 0 unspecified atom stereocenters. The van der Waals surface area contributed by atoms with Gasteiger partial charge in [-0.05, 0) is 51.5 Å². The normalized spacial score (nSPS) is 17.3. The van der Waals surface area contributed by atoms with Crippen molar-refractivity contribution in [3.63, 3.8) is 0 Å².